The molecule has 0 bridgehead atoms. The van der Waals surface area contributed by atoms with Gasteiger partial charge in [-0.3, -0.25) is 0 Å². The number of ether oxygens (including phenoxy) is 2. The van der Waals surface area contributed by atoms with E-state index >= 15 is 0 Å². The second kappa shape index (κ2) is 8.77. The second-order valence-corrected chi connectivity index (χ2v) is 6.41. The molecule has 5 heteroatoms. The lowest BCUT2D eigenvalue weighted by Gasteiger charge is -2.20. The van der Waals surface area contributed by atoms with Crippen LogP contribution < -0.4 is 0 Å². The fourth-order valence-electron chi connectivity index (χ4n) is 0.815. The number of rotatable bonds is 6. The Morgan fingerprint density at radius 2 is 1.31 bits per heavy atom. The monoisotopic (exact) mass is 454 g/mol. The molecule has 0 aliphatic rings. The molecular formula is C11H20I2O3. The van der Waals surface area contributed by atoms with Gasteiger partial charge >= 0.3 is 6.16 Å². The summed E-state index contributed by atoms with van der Waals surface area (Å²) in [5.74, 6) is 0.703. The molecule has 0 heterocycles. The summed E-state index contributed by atoms with van der Waals surface area (Å²) in [5.41, 5.74) is 0. The van der Waals surface area contributed by atoms with Crippen molar-refractivity contribution in [1.29, 1.82) is 0 Å². The Labute approximate surface area is 125 Å². The third kappa shape index (κ3) is 6.46. The van der Waals surface area contributed by atoms with E-state index in [4.69, 9.17) is 9.47 Å². The number of hydrogen-bond donors (Lipinski definition) is 0. The molecule has 0 aliphatic carbocycles. The van der Waals surface area contributed by atoms with Crippen LogP contribution in [0.2, 0.25) is 0 Å². The highest BCUT2D eigenvalue weighted by molar-refractivity contribution is 14.1. The van der Waals surface area contributed by atoms with Crippen LogP contribution in [0.3, 0.4) is 0 Å². The normalized spacial score (nSPS) is 18.4. The molecule has 0 spiro atoms. The van der Waals surface area contributed by atoms with Crippen LogP contribution >= 0.6 is 45.2 Å². The lowest BCUT2D eigenvalue weighted by Crippen LogP contribution is -2.24. The topological polar surface area (TPSA) is 35.5 Å². The van der Waals surface area contributed by atoms with Gasteiger partial charge in [0.15, 0.2) is 8.22 Å². The van der Waals surface area contributed by atoms with Crippen molar-refractivity contribution in [2.24, 2.45) is 11.8 Å². The molecule has 0 saturated carbocycles. The Morgan fingerprint density at radius 1 is 1.00 bits per heavy atom. The SMILES string of the molecule is CC[C@@H](C)[C@@H](I)OC(=O)O[C@H](I)[C@H](C)CC. The Kier molecular flexibility index (Phi) is 9.17. The van der Waals surface area contributed by atoms with E-state index in [1.807, 2.05) is 0 Å². The van der Waals surface area contributed by atoms with Gasteiger partial charge in [-0.15, -0.1) is 0 Å². The average molecular weight is 454 g/mol. The highest BCUT2D eigenvalue weighted by Gasteiger charge is 2.22. The quantitative estimate of drug-likeness (QED) is 0.330. The Hall–Kier alpha value is 0.730. The van der Waals surface area contributed by atoms with Crippen molar-refractivity contribution >= 4 is 51.3 Å². The molecule has 0 radical (unpaired) electrons. The van der Waals surface area contributed by atoms with Gasteiger partial charge < -0.3 is 9.47 Å². The molecule has 0 aromatic carbocycles. The Balaban J connectivity index is 3.99. The Bertz CT molecular complexity index is 191. The van der Waals surface area contributed by atoms with Crippen LogP contribution in [-0.4, -0.2) is 14.4 Å². The lowest BCUT2D eigenvalue weighted by molar-refractivity contribution is 0.0263. The number of carbonyl (C=O) groups excluding carboxylic acids is 1. The van der Waals surface area contributed by atoms with Crippen molar-refractivity contribution in [2.75, 3.05) is 0 Å². The van der Waals surface area contributed by atoms with E-state index in [-0.39, 0.29) is 8.22 Å². The first-order valence-corrected chi connectivity index (χ1v) is 8.06. The van der Waals surface area contributed by atoms with Crippen LogP contribution in [-0.2, 0) is 9.47 Å². The molecule has 3 nitrogen and oxygen atoms in total. The van der Waals surface area contributed by atoms with E-state index in [9.17, 15) is 4.79 Å². The molecule has 16 heavy (non-hydrogen) atoms. The molecule has 0 saturated heterocycles. The summed E-state index contributed by atoms with van der Waals surface area (Å²) in [6, 6.07) is 0. The third-order valence-corrected chi connectivity index (χ3v) is 5.56. The maximum atomic E-state index is 11.5. The van der Waals surface area contributed by atoms with Crippen molar-refractivity contribution in [3.8, 4) is 0 Å². The summed E-state index contributed by atoms with van der Waals surface area (Å²) >= 11 is 4.26. The third-order valence-electron chi connectivity index (χ3n) is 2.60. The fraction of sp³-hybridized carbons (Fsp3) is 0.909. The molecule has 0 rings (SSSR count). The van der Waals surface area contributed by atoms with Gasteiger partial charge in [-0.25, -0.2) is 4.79 Å². The molecule has 0 amide bonds. The minimum atomic E-state index is -0.556. The number of carbonyl (C=O) groups is 1. The Morgan fingerprint density at radius 3 is 1.56 bits per heavy atom. The van der Waals surface area contributed by atoms with E-state index in [1.165, 1.54) is 0 Å². The smallest absolute Gasteiger partial charge is 0.420 e. The highest BCUT2D eigenvalue weighted by atomic mass is 127. The van der Waals surface area contributed by atoms with E-state index in [2.05, 4.69) is 72.9 Å². The standard InChI is InChI=1S/C11H20I2O3/c1-5-7(3)9(12)15-11(14)16-10(13)8(4)6-2/h7-10H,5-6H2,1-4H3/t7-,8-,9+,10+/m1/s1. The molecule has 0 N–H and O–H groups in total. The molecular weight excluding hydrogens is 434 g/mol. The zero-order chi connectivity index (χ0) is 12.7. The molecule has 0 aromatic rings. The lowest BCUT2D eigenvalue weighted by atomic mass is 10.1. The van der Waals surface area contributed by atoms with Crippen LogP contribution in [0.1, 0.15) is 40.5 Å². The summed E-state index contributed by atoms with van der Waals surface area (Å²) in [6.07, 6.45) is 1.42. The summed E-state index contributed by atoms with van der Waals surface area (Å²) in [5, 5.41) is 0. The van der Waals surface area contributed by atoms with Crippen LogP contribution in [0.15, 0.2) is 0 Å². The molecule has 96 valence electrons. The molecule has 0 fully saturated rings. The first-order chi connectivity index (χ1) is 7.42. The summed E-state index contributed by atoms with van der Waals surface area (Å²) in [4.78, 5) is 11.5. The molecule has 0 unspecified atom stereocenters. The van der Waals surface area contributed by atoms with Crippen LogP contribution in [0, 0.1) is 11.8 Å². The van der Waals surface area contributed by atoms with Gasteiger partial charge in [0.25, 0.3) is 0 Å². The van der Waals surface area contributed by atoms with E-state index in [0.717, 1.165) is 12.8 Å². The first kappa shape index (κ1) is 16.7. The van der Waals surface area contributed by atoms with Crippen molar-refractivity contribution in [2.45, 2.75) is 48.8 Å². The minimum absolute atomic E-state index is 0.115. The average Bonchev–Trinajstić information content (AvgIpc) is 2.26. The van der Waals surface area contributed by atoms with E-state index in [0.29, 0.717) is 11.8 Å². The number of halogens is 2. The van der Waals surface area contributed by atoms with Gasteiger partial charge in [-0.05, 0) is 58.0 Å². The van der Waals surface area contributed by atoms with Gasteiger partial charge in [0.2, 0.25) is 0 Å². The van der Waals surface area contributed by atoms with Crippen molar-refractivity contribution in [1.82, 2.24) is 0 Å². The van der Waals surface area contributed by atoms with Gasteiger partial charge in [-0.2, -0.15) is 0 Å². The minimum Gasteiger partial charge on any atom is -0.420 e. The first-order valence-electron chi connectivity index (χ1n) is 5.57. The van der Waals surface area contributed by atoms with Gasteiger partial charge in [-0.1, -0.05) is 27.7 Å². The van der Waals surface area contributed by atoms with Crippen LogP contribution in [0.5, 0.6) is 0 Å². The van der Waals surface area contributed by atoms with E-state index < -0.39 is 6.16 Å². The predicted octanol–water partition coefficient (Wildman–Crippen LogP) is 4.75. The van der Waals surface area contributed by atoms with Crippen molar-refractivity contribution in [3.05, 3.63) is 0 Å². The summed E-state index contributed by atoms with van der Waals surface area (Å²) in [6.45, 7) is 8.26. The van der Waals surface area contributed by atoms with Crippen LogP contribution in [0.4, 0.5) is 4.79 Å². The summed E-state index contributed by atoms with van der Waals surface area (Å²) < 4.78 is 10.1. The van der Waals surface area contributed by atoms with Crippen molar-refractivity contribution < 1.29 is 14.3 Å². The zero-order valence-electron chi connectivity index (χ0n) is 10.2. The van der Waals surface area contributed by atoms with Gasteiger partial charge in [0, 0.05) is 11.8 Å². The fourth-order valence-corrected chi connectivity index (χ4v) is 2.25. The van der Waals surface area contributed by atoms with Crippen LogP contribution in [0.25, 0.3) is 0 Å². The highest BCUT2D eigenvalue weighted by Crippen LogP contribution is 2.22. The largest absolute Gasteiger partial charge is 0.510 e. The number of hydrogen-bond acceptors (Lipinski definition) is 3. The predicted molar refractivity (Wildman–Crippen MR) is 82.1 cm³/mol. The molecule has 0 aromatic heterocycles. The van der Waals surface area contributed by atoms with Crippen molar-refractivity contribution in [3.63, 3.8) is 0 Å². The molecule has 4 atom stereocenters. The number of alkyl halides is 2. The zero-order valence-corrected chi connectivity index (χ0v) is 14.5. The second-order valence-electron chi connectivity index (χ2n) is 3.96. The van der Waals surface area contributed by atoms with Gasteiger partial charge in [0.05, 0.1) is 0 Å². The van der Waals surface area contributed by atoms with Gasteiger partial charge in [0.1, 0.15) is 0 Å². The van der Waals surface area contributed by atoms with E-state index in [1.54, 1.807) is 0 Å². The summed E-state index contributed by atoms with van der Waals surface area (Å²) in [7, 11) is 0. The maximum absolute atomic E-state index is 11.5. The molecule has 0 aliphatic heterocycles. The maximum Gasteiger partial charge on any atom is 0.510 e.